The first-order chi connectivity index (χ1) is 9.65. The Balaban J connectivity index is 2.39. The molecule has 1 aromatic carbocycles. The zero-order valence-electron chi connectivity index (χ0n) is 11.7. The number of pyridine rings is 1. The molecule has 0 bridgehead atoms. The number of hydrogen-bond acceptors (Lipinski definition) is 4. The third-order valence-corrected chi connectivity index (χ3v) is 3.23. The van der Waals surface area contributed by atoms with Gasteiger partial charge in [-0.3, -0.25) is 4.79 Å². The van der Waals surface area contributed by atoms with Gasteiger partial charge in [-0.15, -0.1) is 0 Å². The van der Waals surface area contributed by atoms with Crippen molar-refractivity contribution in [3.63, 3.8) is 0 Å². The van der Waals surface area contributed by atoms with Crippen LogP contribution in [0.15, 0.2) is 30.5 Å². The summed E-state index contributed by atoms with van der Waals surface area (Å²) in [7, 11) is 1.63. The Morgan fingerprint density at radius 2 is 2.20 bits per heavy atom. The lowest BCUT2D eigenvalue weighted by molar-refractivity contribution is -0.136. The van der Waals surface area contributed by atoms with Crippen LogP contribution in [0.1, 0.15) is 13.3 Å². The predicted octanol–water partition coefficient (Wildman–Crippen LogP) is 2.54. The van der Waals surface area contributed by atoms with Crippen molar-refractivity contribution >= 4 is 22.6 Å². The number of hydrogen-bond donors (Lipinski definition) is 1. The van der Waals surface area contributed by atoms with Crippen LogP contribution in [-0.2, 0) is 4.79 Å². The summed E-state index contributed by atoms with van der Waals surface area (Å²) in [5.41, 5.74) is 0. The molecule has 0 radical (unpaired) electrons. The van der Waals surface area contributed by atoms with Gasteiger partial charge in [-0.1, -0.05) is 0 Å². The highest BCUT2D eigenvalue weighted by atomic mass is 16.5. The van der Waals surface area contributed by atoms with Crippen molar-refractivity contribution in [3.05, 3.63) is 30.5 Å². The molecule has 2 rings (SSSR count). The van der Waals surface area contributed by atoms with E-state index in [1.807, 2.05) is 36.1 Å². The number of carboxylic acids is 1. The van der Waals surface area contributed by atoms with E-state index in [0.29, 0.717) is 13.1 Å². The molecule has 1 heterocycles. The molecule has 106 valence electrons. The quantitative estimate of drug-likeness (QED) is 0.877. The van der Waals surface area contributed by atoms with Gasteiger partial charge in [-0.25, -0.2) is 4.98 Å². The van der Waals surface area contributed by atoms with Crippen LogP contribution in [-0.4, -0.2) is 36.3 Å². The van der Waals surface area contributed by atoms with Crippen molar-refractivity contribution in [2.24, 2.45) is 0 Å². The number of carbonyl (C=O) groups is 1. The van der Waals surface area contributed by atoms with E-state index in [1.165, 1.54) is 0 Å². The average molecular weight is 274 g/mol. The normalized spacial score (nSPS) is 10.5. The van der Waals surface area contributed by atoms with Gasteiger partial charge >= 0.3 is 5.97 Å². The highest BCUT2D eigenvalue weighted by molar-refractivity contribution is 5.93. The molecule has 0 aliphatic heterocycles. The van der Waals surface area contributed by atoms with E-state index in [9.17, 15) is 4.79 Å². The summed E-state index contributed by atoms with van der Waals surface area (Å²) in [5, 5.41) is 10.9. The molecular formula is C15H18N2O3. The summed E-state index contributed by atoms with van der Waals surface area (Å²) in [6.45, 7) is 3.15. The van der Waals surface area contributed by atoms with Gasteiger partial charge in [0, 0.05) is 24.7 Å². The number of ether oxygens (including phenoxy) is 1. The Kier molecular flexibility index (Phi) is 4.40. The molecule has 0 aliphatic carbocycles. The van der Waals surface area contributed by atoms with Gasteiger partial charge in [-0.2, -0.15) is 0 Å². The first-order valence-corrected chi connectivity index (χ1v) is 6.55. The SMILES string of the molecule is CCN(CCC(=O)O)c1nccc2cc(OC)ccc12. The van der Waals surface area contributed by atoms with E-state index in [4.69, 9.17) is 9.84 Å². The molecular weight excluding hydrogens is 256 g/mol. The third kappa shape index (κ3) is 2.99. The second kappa shape index (κ2) is 6.23. The molecule has 0 saturated carbocycles. The van der Waals surface area contributed by atoms with Crippen LogP contribution < -0.4 is 9.64 Å². The summed E-state index contributed by atoms with van der Waals surface area (Å²) < 4.78 is 5.22. The second-order valence-electron chi connectivity index (χ2n) is 4.45. The van der Waals surface area contributed by atoms with Crippen LogP contribution in [0.2, 0.25) is 0 Å². The van der Waals surface area contributed by atoms with Crippen molar-refractivity contribution in [2.75, 3.05) is 25.1 Å². The molecule has 20 heavy (non-hydrogen) atoms. The number of benzene rings is 1. The standard InChI is InChI=1S/C15H18N2O3/c1-3-17(9-7-14(18)19)15-13-5-4-12(20-2)10-11(13)6-8-16-15/h4-6,8,10H,3,7,9H2,1-2H3,(H,18,19). The third-order valence-electron chi connectivity index (χ3n) is 3.23. The molecule has 0 unspecified atom stereocenters. The van der Waals surface area contributed by atoms with Crippen molar-refractivity contribution in [3.8, 4) is 5.75 Å². The van der Waals surface area contributed by atoms with Crippen molar-refractivity contribution in [1.82, 2.24) is 4.98 Å². The summed E-state index contributed by atoms with van der Waals surface area (Å²) in [5.74, 6) is 0.808. The van der Waals surface area contributed by atoms with Crippen LogP contribution >= 0.6 is 0 Å². The number of fused-ring (bicyclic) bond motifs is 1. The fraction of sp³-hybridized carbons (Fsp3) is 0.333. The lowest BCUT2D eigenvalue weighted by Crippen LogP contribution is -2.26. The molecule has 0 fully saturated rings. The smallest absolute Gasteiger partial charge is 0.305 e. The minimum atomic E-state index is -0.801. The molecule has 5 nitrogen and oxygen atoms in total. The number of aromatic nitrogens is 1. The summed E-state index contributed by atoms with van der Waals surface area (Å²) in [6, 6.07) is 7.72. The molecule has 0 amide bonds. The maximum Gasteiger partial charge on any atom is 0.305 e. The average Bonchev–Trinajstić information content (AvgIpc) is 2.47. The highest BCUT2D eigenvalue weighted by Crippen LogP contribution is 2.27. The number of anilines is 1. The number of carboxylic acid groups (broad SMARTS) is 1. The molecule has 0 spiro atoms. The number of nitrogens with zero attached hydrogens (tertiary/aromatic N) is 2. The largest absolute Gasteiger partial charge is 0.497 e. The van der Waals surface area contributed by atoms with Crippen LogP contribution in [0, 0.1) is 0 Å². The van der Waals surface area contributed by atoms with Crippen LogP contribution in [0.3, 0.4) is 0 Å². The molecule has 1 aromatic heterocycles. The maximum atomic E-state index is 10.7. The van der Waals surface area contributed by atoms with Crippen molar-refractivity contribution in [1.29, 1.82) is 0 Å². The Morgan fingerprint density at radius 1 is 1.40 bits per heavy atom. The fourth-order valence-electron chi connectivity index (χ4n) is 2.16. The van der Waals surface area contributed by atoms with Gasteiger partial charge in [0.2, 0.25) is 0 Å². The van der Waals surface area contributed by atoms with Gasteiger partial charge in [0.05, 0.1) is 13.5 Å². The Labute approximate surface area is 117 Å². The number of aliphatic carboxylic acids is 1. The first-order valence-electron chi connectivity index (χ1n) is 6.55. The van der Waals surface area contributed by atoms with Gasteiger partial charge in [-0.05, 0) is 36.6 Å². The van der Waals surface area contributed by atoms with Crippen LogP contribution in [0.4, 0.5) is 5.82 Å². The van der Waals surface area contributed by atoms with E-state index in [1.54, 1.807) is 13.3 Å². The van der Waals surface area contributed by atoms with E-state index in [0.717, 1.165) is 22.3 Å². The predicted molar refractivity (Wildman–Crippen MR) is 78.4 cm³/mol. The lowest BCUT2D eigenvalue weighted by atomic mass is 10.1. The summed E-state index contributed by atoms with van der Waals surface area (Å²) in [6.07, 6.45) is 1.84. The monoisotopic (exact) mass is 274 g/mol. The molecule has 5 heteroatoms. The Morgan fingerprint density at radius 3 is 2.85 bits per heavy atom. The lowest BCUT2D eigenvalue weighted by Gasteiger charge is -2.22. The van der Waals surface area contributed by atoms with Crippen molar-refractivity contribution in [2.45, 2.75) is 13.3 Å². The van der Waals surface area contributed by atoms with E-state index in [-0.39, 0.29) is 6.42 Å². The number of rotatable bonds is 6. The van der Waals surface area contributed by atoms with Crippen LogP contribution in [0.5, 0.6) is 5.75 Å². The van der Waals surface area contributed by atoms with E-state index >= 15 is 0 Å². The minimum Gasteiger partial charge on any atom is -0.497 e. The molecule has 2 aromatic rings. The molecule has 0 saturated heterocycles. The molecule has 0 aliphatic rings. The first kappa shape index (κ1) is 14.1. The summed E-state index contributed by atoms with van der Waals surface area (Å²) in [4.78, 5) is 17.1. The van der Waals surface area contributed by atoms with E-state index < -0.39 is 5.97 Å². The maximum absolute atomic E-state index is 10.7. The van der Waals surface area contributed by atoms with E-state index in [2.05, 4.69) is 4.98 Å². The zero-order valence-corrected chi connectivity index (χ0v) is 11.7. The van der Waals surface area contributed by atoms with Gasteiger partial charge in [0.15, 0.2) is 0 Å². The Bertz CT molecular complexity index is 613. The van der Waals surface area contributed by atoms with Crippen molar-refractivity contribution < 1.29 is 14.6 Å². The highest BCUT2D eigenvalue weighted by Gasteiger charge is 2.12. The summed E-state index contributed by atoms with van der Waals surface area (Å²) >= 11 is 0. The van der Waals surface area contributed by atoms with Gasteiger partial charge in [0.25, 0.3) is 0 Å². The molecule has 0 atom stereocenters. The van der Waals surface area contributed by atoms with Gasteiger partial charge in [0.1, 0.15) is 11.6 Å². The fourth-order valence-corrected chi connectivity index (χ4v) is 2.16. The topological polar surface area (TPSA) is 62.7 Å². The van der Waals surface area contributed by atoms with Gasteiger partial charge < -0.3 is 14.7 Å². The molecule has 1 N–H and O–H groups in total. The van der Waals surface area contributed by atoms with Crippen LogP contribution in [0.25, 0.3) is 10.8 Å². The number of methoxy groups -OCH3 is 1. The minimum absolute atomic E-state index is 0.0993. The second-order valence-corrected chi connectivity index (χ2v) is 4.45. The Hall–Kier alpha value is -2.30. The zero-order chi connectivity index (χ0) is 14.5.